The van der Waals surface area contributed by atoms with Gasteiger partial charge in [0.1, 0.15) is 13.2 Å². The summed E-state index contributed by atoms with van der Waals surface area (Å²) in [6.07, 6.45) is 97.9. The van der Waals surface area contributed by atoms with Gasteiger partial charge in [0.25, 0.3) is 0 Å². The van der Waals surface area contributed by atoms with Crippen LogP contribution in [0.25, 0.3) is 0 Å². The van der Waals surface area contributed by atoms with Crippen molar-refractivity contribution in [1.29, 1.82) is 0 Å². The summed E-state index contributed by atoms with van der Waals surface area (Å²) in [6, 6.07) is 0. The van der Waals surface area contributed by atoms with Crippen LogP contribution in [0.5, 0.6) is 0 Å². The number of quaternary nitrogens is 1. The van der Waals surface area contributed by atoms with E-state index in [1.165, 1.54) is 109 Å². The van der Waals surface area contributed by atoms with Gasteiger partial charge in [-0.2, -0.15) is 0 Å². The number of likely N-dealkylation sites (N-methyl/N-ethyl adjacent to an activating group) is 1. The van der Waals surface area contributed by atoms with Crippen molar-refractivity contribution >= 4 is 17.9 Å². The summed E-state index contributed by atoms with van der Waals surface area (Å²) in [5, 5.41) is 11.8. The van der Waals surface area contributed by atoms with E-state index in [-0.39, 0.29) is 38.6 Å². The van der Waals surface area contributed by atoms with Crippen LogP contribution in [0.4, 0.5) is 0 Å². The number of ether oxygens (including phenoxy) is 4. The molecule has 0 saturated heterocycles. The van der Waals surface area contributed by atoms with E-state index in [1.54, 1.807) is 0 Å². The molecule has 89 heavy (non-hydrogen) atoms. The van der Waals surface area contributed by atoms with E-state index in [2.05, 4.69) is 160 Å². The quantitative estimate of drug-likeness (QED) is 0.0195. The van der Waals surface area contributed by atoms with Crippen molar-refractivity contribution in [3.8, 4) is 0 Å². The number of esters is 2. The molecule has 0 aliphatic rings. The molecule has 0 aromatic rings. The zero-order chi connectivity index (χ0) is 64.7. The van der Waals surface area contributed by atoms with Crippen molar-refractivity contribution in [3.05, 3.63) is 146 Å². The van der Waals surface area contributed by atoms with Gasteiger partial charge < -0.3 is 33.3 Å². The number of unbranched alkanes of at least 4 members (excludes halogenated alkanes) is 26. The van der Waals surface area contributed by atoms with Crippen LogP contribution in [-0.2, 0) is 33.3 Å². The molecule has 0 aliphatic heterocycles. The molecule has 0 fully saturated rings. The molecule has 0 radical (unpaired) electrons. The van der Waals surface area contributed by atoms with E-state index >= 15 is 0 Å². The van der Waals surface area contributed by atoms with Crippen LogP contribution >= 0.6 is 0 Å². The maximum absolute atomic E-state index is 12.9. The third-order valence-electron chi connectivity index (χ3n) is 15.1. The van der Waals surface area contributed by atoms with Crippen molar-refractivity contribution in [2.45, 2.75) is 296 Å². The molecule has 0 spiro atoms. The molecule has 0 aliphatic carbocycles. The average Bonchev–Trinajstić information content (AvgIpc) is 3.64. The van der Waals surface area contributed by atoms with Crippen molar-refractivity contribution in [2.75, 3.05) is 47.5 Å². The number of aliphatic carboxylic acids is 1. The molecule has 9 heteroatoms. The Morgan fingerprint density at radius 1 is 0.337 bits per heavy atom. The lowest BCUT2D eigenvalue weighted by atomic mass is 10.0. The largest absolute Gasteiger partial charge is 0.545 e. The molecule has 0 aromatic carbocycles. The summed E-state index contributed by atoms with van der Waals surface area (Å²) < 4.78 is 22.8. The Labute approximate surface area is 547 Å². The highest BCUT2D eigenvalue weighted by atomic mass is 16.7. The van der Waals surface area contributed by atoms with Crippen LogP contribution in [0, 0.1) is 0 Å². The van der Waals surface area contributed by atoms with E-state index in [9.17, 15) is 19.5 Å². The molecule has 0 N–H and O–H groups in total. The van der Waals surface area contributed by atoms with Gasteiger partial charge in [0.15, 0.2) is 12.4 Å². The van der Waals surface area contributed by atoms with Crippen LogP contribution in [0.3, 0.4) is 0 Å². The van der Waals surface area contributed by atoms with Gasteiger partial charge in [-0.25, -0.2) is 0 Å². The lowest BCUT2D eigenvalue weighted by Gasteiger charge is -2.26. The number of allylic oxidation sites excluding steroid dienone is 24. The topological polar surface area (TPSA) is 111 Å². The summed E-state index contributed by atoms with van der Waals surface area (Å²) in [4.78, 5) is 37.5. The number of nitrogens with zero attached hydrogens (tertiary/aromatic N) is 1. The first-order chi connectivity index (χ1) is 43.6. The highest BCUT2D eigenvalue weighted by molar-refractivity contribution is 5.70. The Kier molecular flexibility index (Phi) is 65.3. The predicted molar refractivity (Wildman–Crippen MR) is 379 cm³/mol. The molecular weight excluding hydrogens is 1100 g/mol. The first kappa shape index (κ1) is 84.2. The number of rotatable bonds is 65. The Morgan fingerprint density at radius 3 is 0.899 bits per heavy atom. The third kappa shape index (κ3) is 70.5. The highest BCUT2D eigenvalue weighted by Crippen LogP contribution is 2.17. The zero-order valence-corrected chi connectivity index (χ0v) is 57.8. The van der Waals surface area contributed by atoms with Crippen LogP contribution < -0.4 is 5.11 Å². The van der Waals surface area contributed by atoms with Crippen molar-refractivity contribution in [2.24, 2.45) is 0 Å². The van der Waals surface area contributed by atoms with Gasteiger partial charge in [-0.15, -0.1) is 0 Å². The molecule has 9 nitrogen and oxygen atoms in total. The summed E-state index contributed by atoms with van der Waals surface area (Å²) in [5.74, 6) is -2.30. The van der Waals surface area contributed by atoms with Gasteiger partial charge in [0.2, 0.25) is 0 Å². The third-order valence-corrected chi connectivity index (χ3v) is 15.1. The minimum absolute atomic E-state index is 0.140. The molecule has 2 atom stereocenters. The molecule has 0 saturated carbocycles. The Hall–Kier alpha value is -4.83. The fraction of sp³-hybridized carbons (Fsp3) is 0.662. The van der Waals surface area contributed by atoms with Gasteiger partial charge in [-0.1, -0.05) is 301 Å². The van der Waals surface area contributed by atoms with E-state index < -0.39 is 24.3 Å². The summed E-state index contributed by atoms with van der Waals surface area (Å²) in [6.45, 7) is 4.51. The van der Waals surface area contributed by atoms with Crippen LogP contribution in [0.15, 0.2) is 146 Å². The fourth-order valence-electron chi connectivity index (χ4n) is 9.66. The van der Waals surface area contributed by atoms with Crippen LogP contribution in [-0.4, -0.2) is 82.3 Å². The number of carbonyl (C=O) groups is 3. The molecule has 0 amide bonds. The number of hydrogen-bond donors (Lipinski definition) is 0. The van der Waals surface area contributed by atoms with Gasteiger partial charge in [0, 0.05) is 12.8 Å². The molecule has 0 rings (SSSR count). The standard InChI is InChI=1S/C80H133NO8/c1-6-8-10-12-14-16-18-20-22-24-26-28-30-32-33-34-35-36-37-38-39-40-41-42-43-44-45-47-49-51-53-55-57-59-61-63-65-67-69-71-78(83)89-76(75-88-80(79(84)85)86-73-72-81(3,4)5)74-87-77(82)70-68-66-64-62-60-58-56-54-52-50-48-46-31-29-27-25-23-21-19-17-15-13-11-9-7-2/h8-11,14-17,20-23,26-29,32-33,35-36,46,48,52,54,76,80H,6-7,12-13,18-19,24-25,30-31,34,37-45,47,49-51,53,55-75H2,1-5H3/b10-8-,11-9-,16-14-,17-15-,22-20-,23-21-,28-26-,29-27-,33-32-,36-35-,48-46-,54-52-. The number of carboxylic acid groups (broad SMARTS) is 1. The fourth-order valence-corrected chi connectivity index (χ4v) is 9.66. The molecular formula is C80H133NO8. The molecule has 506 valence electrons. The number of hydrogen-bond acceptors (Lipinski definition) is 8. The van der Waals surface area contributed by atoms with Crippen LogP contribution in [0.1, 0.15) is 284 Å². The first-order valence-electron chi connectivity index (χ1n) is 36.0. The van der Waals surface area contributed by atoms with Crippen molar-refractivity contribution < 1.29 is 42.9 Å². The van der Waals surface area contributed by atoms with E-state index in [4.69, 9.17) is 18.9 Å². The normalized spacial score (nSPS) is 13.6. The Bertz CT molecular complexity index is 1970. The Morgan fingerprint density at radius 2 is 0.607 bits per heavy atom. The second-order valence-electron chi connectivity index (χ2n) is 24.8. The number of carbonyl (C=O) groups excluding carboxylic acids is 3. The first-order valence-corrected chi connectivity index (χ1v) is 36.0. The summed E-state index contributed by atoms with van der Waals surface area (Å²) in [5.41, 5.74) is 0. The second kappa shape index (κ2) is 69.1. The van der Waals surface area contributed by atoms with Gasteiger partial charge in [-0.3, -0.25) is 9.59 Å². The van der Waals surface area contributed by atoms with E-state index in [0.29, 0.717) is 17.4 Å². The lowest BCUT2D eigenvalue weighted by Crippen LogP contribution is -2.44. The monoisotopic (exact) mass is 1240 g/mol. The summed E-state index contributed by atoms with van der Waals surface area (Å²) in [7, 11) is 5.92. The summed E-state index contributed by atoms with van der Waals surface area (Å²) >= 11 is 0. The van der Waals surface area contributed by atoms with Crippen LogP contribution in [0.2, 0.25) is 0 Å². The molecule has 0 aromatic heterocycles. The smallest absolute Gasteiger partial charge is 0.306 e. The maximum atomic E-state index is 12.9. The van der Waals surface area contributed by atoms with E-state index in [0.717, 1.165) is 141 Å². The van der Waals surface area contributed by atoms with Gasteiger partial charge in [0.05, 0.1) is 40.3 Å². The van der Waals surface area contributed by atoms with Crippen molar-refractivity contribution in [1.82, 2.24) is 0 Å². The van der Waals surface area contributed by atoms with Crippen molar-refractivity contribution in [3.63, 3.8) is 0 Å². The molecule has 0 bridgehead atoms. The minimum atomic E-state index is -1.63. The van der Waals surface area contributed by atoms with Gasteiger partial charge in [-0.05, 0) is 116 Å². The maximum Gasteiger partial charge on any atom is 0.306 e. The molecule has 2 unspecified atom stereocenters. The lowest BCUT2D eigenvalue weighted by molar-refractivity contribution is -0.870. The van der Waals surface area contributed by atoms with Gasteiger partial charge >= 0.3 is 11.9 Å². The second-order valence-corrected chi connectivity index (χ2v) is 24.8. The minimum Gasteiger partial charge on any atom is -0.545 e. The van der Waals surface area contributed by atoms with E-state index in [1.807, 2.05) is 21.1 Å². The average molecular weight is 1240 g/mol. The molecule has 0 heterocycles. The predicted octanol–water partition coefficient (Wildman–Crippen LogP) is 21.4. The number of carboxylic acids is 1. The highest BCUT2D eigenvalue weighted by Gasteiger charge is 2.22. The zero-order valence-electron chi connectivity index (χ0n) is 57.8. The SMILES string of the molecule is CC/C=C\C/C=C\C/C=C\C/C=C\C/C=C\C/C=C\CCCCCCCCCCCCCCCCCCCCCCC(=O)OC(COC(=O)CCCCCCCC/C=C\C/C=C\C/C=C\C/C=C\C/C=C\C/C=C\CC)COC(OCC[N+](C)(C)C)C(=O)[O-]. The Balaban J connectivity index is 4.09.